The largest absolute Gasteiger partial charge is 0.492 e. The third kappa shape index (κ3) is 5.54. The summed E-state index contributed by atoms with van der Waals surface area (Å²) < 4.78 is 23.4. The number of halogens is 1. The number of carbonyl (C=O) groups excluding carboxylic acids is 1. The van der Waals surface area contributed by atoms with E-state index in [-0.39, 0.29) is 24.2 Å². The molecule has 0 radical (unpaired) electrons. The van der Waals surface area contributed by atoms with Crippen molar-refractivity contribution in [2.75, 3.05) is 33.9 Å². The zero-order chi connectivity index (χ0) is 15.0. The molecule has 0 saturated carbocycles. The van der Waals surface area contributed by atoms with Crippen LogP contribution in [0.1, 0.15) is 6.42 Å². The van der Waals surface area contributed by atoms with E-state index in [0.29, 0.717) is 25.4 Å². The molecular weight excluding hydrogens is 263 g/mol. The summed E-state index contributed by atoms with van der Waals surface area (Å²) in [7, 11) is 3.21. The van der Waals surface area contributed by atoms with E-state index < -0.39 is 0 Å². The van der Waals surface area contributed by atoms with Crippen molar-refractivity contribution >= 4 is 5.91 Å². The van der Waals surface area contributed by atoms with Gasteiger partial charge in [-0.2, -0.15) is 0 Å². The SMILES string of the molecule is COC(CN)CC(=O)N(C)CCOc1cccc(F)c1. The van der Waals surface area contributed by atoms with Crippen LogP contribution in [0.2, 0.25) is 0 Å². The van der Waals surface area contributed by atoms with E-state index in [0.717, 1.165) is 0 Å². The third-order valence-electron chi connectivity index (χ3n) is 2.92. The van der Waals surface area contributed by atoms with Crippen molar-refractivity contribution in [2.24, 2.45) is 5.73 Å². The summed E-state index contributed by atoms with van der Waals surface area (Å²) in [6.07, 6.45) is -0.0298. The molecule has 1 amide bonds. The lowest BCUT2D eigenvalue weighted by molar-refractivity contribution is -0.132. The van der Waals surface area contributed by atoms with Gasteiger partial charge in [0.15, 0.2) is 0 Å². The molecule has 1 rings (SSSR count). The van der Waals surface area contributed by atoms with Gasteiger partial charge in [0.25, 0.3) is 0 Å². The number of rotatable bonds is 8. The second kappa shape index (κ2) is 8.50. The van der Waals surface area contributed by atoms with E-state index in [1.807, 2.05) is 0 Å². The summed E-state index contributed by atoms with van der Waals surface area (Å²) in [4.78, 5) is 13.4. The van der Waals surface area contributed by atoms with Crippen LogP contribution in [0.15, 0.2) is 24.3 Å². The molecule has 1 aromatic rings. The highest BCUT2D eigenvalue weighted by Gasteiger charge is 2.15. The van der Waals surface area contributed by atoms with Crippen LogP contribution in [-0.2, 0) is 9.53 Å². The number of carbonyl (C=O) groups is 1. The van der Waals surface area contributed by atoms with E-state index in [2.05, 4.69) is 0 Å². The summed E-state index contributed by atoms with van der Waals surface area (Å²) in [6.45, 7) is 1.01. The van der Waals surface area contributed by atoms with Gasteiger partial charge in [-0.3, -0.25) is 4.79 Å². The summed E-state index contributed by atoms with van der Waals surface area (Å²) in [5.41, 5.74) is 5.47. The molecule has 0 heterocycles. The molecule has 0 fully saturated rings. The Kier molecular flexibility index (Phi) is 6.97. The van der Waals surface area contributed by atoms with Gasteiger partial charge in [-0.15, -0.1) is 0 Å². The molecule has 112 valence electrons. The average Bonchev–Trinajstić information content (AvgIpc) is 2.44. The van der Waals surface area contributed by atoms with Crippen molar-refractivity contribution in [2.45, 2.75) is 12.5 Å². The molecule has 0 aliphatic rings. The normalized spacial score (nSPS) is 12.0. The number of benzene rings is 1. The van der Waals surface area contributed by atoms with E-state index in [1.54, 1.807) is 24.1 Å². The number of likely N-dealkylation sites (N-methyl/N-ethyl adjacent to an activating group) is 1. The first-order chi connectivity index (χ1) is 9.56. The number of hydrogen-bond donors (Lipinski definition) is 1. The van der Waals surface area contributed by atoms with Crippen molar-refractivity contribution in [3.05, 3.63) is 30.1 Å². The molecule has 1 aromatic carbocycles. The van der Waals surface area contributed by atoms with Gasteiger partial charge in [-0.1, -0.05) is 6.07 Å². The lowest BCUT2D eigenvalue weighted by atomic mass is 10.2. The summed E-state index contributed by atoms with van der Waals surface area (Å²) >= 11 is 0. The zero-order valence-corrected chi connectivity index (χ0v) is 11.8. The molecule has 0 spiro atoms. The van der Waals surface area contributed by atoms with Crippen molar-refractivity contribution in [1.29, 1.82) is 0 Å². The second-order valence-electron chi connectivity index (χ2n) is 4.42. The van der Waals surface area contributed by atoms with Gasteiger partial charge in [0.2, 0.25) is 5.91 Å². The predicted molar refractivity (Wildman–Crippen MR) is 74.0 cm³/mol. The first kappa shape index (κ1) is 16.4. The topological polar surface area (TPSA) is 64.8 Å². The Hall–Kier alpha value is -1.66. The van der Waals surface area contributed by atoms with Gasteiger partial charge < -0.3 is 20.1 Å². The van der Waals surface area contributed by atoms with E-state index in [4.69, 9.17) is 15.2 Å². The monoisotopic (exact) mass is 284 g/mol. The highest BCUT2D eigenvalue weighted by Crippen LogP contribution is 2.11. The molecule has 20 heavy (non-hydrogen) atoms. The van der Waals surface area contributed by atoms with Crippen LogP contribution in [0.5, 0.6) is 5.75 Å². The molecule has 1 unspecified atom stereocenters. The lowest BCUT2D eigenvalue weighted by Gasteiger charge is -2.20. The lowest BCUT2D eigenvalue weighted by Crippen LogP contribution is -2.35. The number of nitrogens with zero attached hydrogens (tertiary/aromatic N) is 1. The number of methoxy groups -OCH3 is 1. The number of amides is 1. The minimum atomic E-state index is -0.349. The maximum atomic E-state index is 12.9. The molecule has 0 bridgehead atoms. The molecule has 0 aliphatic heterocycles. The van der Waals surface area contributed by atoms with Gasteiger partial charge in [0, 0.05) is 26.8 Å². The van der Waals surface area contributed by atoms with E-state index in [9.17, 15) is 9.18 Å². The Balaban J connectivity index is 2.32. The quantitative estimate of drug-likeness (QED) is 0.774. The molecule has 5 nitrogen and oxygen atoms in total. The maximum Gasteiger partial charge on any atom is 0.225 e. The minimum absolute atomic E-state index is 0.0647. The van der Waals surface area contributed by atoms with Gasteiger partial charge in [-0.25, -0.2) is 4.39 Å². The summed E-state index contributed by atoms with van der Waals surface area (Å²) in [6, 6.07) is 5.89. The second-order valence-corrected chi connectivity index (χ2v) is 4.42. The molecule has 0 aromatic heterocycles. The number of ether oxygens (including phenoxy) is 2. The highest BCUT2D eigenvalue weighted by molar-refractivity contribution is 5.76. The van der Waals surface area contributed by atoms with Gasteiger partial charge in [-0.05, 0) is 12.1 Å². The molecular formula is C14H21FN2O3. The highest BCUT2D eigenvalue weighted by atomic mass is 19.1. The number of hydrogen-bond acceptors (Lipinski definition) is 4. The third-order valence-corrected chi connectivity index (χ3v) is 2.92. The van der Waals surface area contributed by atoms with Crippen molar-refractivity contribution in [3.63, 3.8) is 0 Å². The fraction of sp³-hybridized carbons (Fsp3) is 0.500. The Bertz CT molecular complexity index is 425. The van der Waals surface area contributed by atoms with Crippen LogP contribution in [-0.4, -0.2) is 50.8 Å². The Morgan fingerprint density at radius 1 is 1.50 bits per heavy atom. The Labute approximate surface area is 118 Å². The summed E-state index contributed by atoms with van der Waals surface area (Å²) in [5, 5.41) is 0. The van der Waals surface area contributed by atoms with Crippen molar-refractivity contribution in [1.82, 2.24) is 4.90 Å². The fourth-order valence-corrected chi connectivity index (χ4v) is 1.60. The van der Waals surface area contributed by atoms with Crippen LogP contribution in [0, 0.1) is 5.82 Å². The van der Waals surface area contributed by atoms with Crippen LogP contribution in [0.25, 0.3) is 0 Å². The Morgan fingerprint density at radius 3 is 2.85 bits per heavy atom. The maximum absolute atomic E-state index is 12.9. The average molecular weight is 284 g/mol. The first-order valence-corrected chi connectivity index (χ1v) is 6.42. The van der Waals surface area contributed by atoms with Crippen LogP contribution in [0.4, 0.5) is 4.39 Å². The van der Waals surface area contributed by atoms with Gasteiger partial charge in [0.05, 0.1) is 19.1 Å². The molecule has 0 aliphatic carbocycles. The molecule has 0 saturated heterocycles. The van der Waals surface area contributed by atoms with Crippen LogP contribution < -0.4 is 10.5 Å². The molecule has 1 atom stereocenters. The zero-order valence-electron chi connectivity index (χ0n) is 11.8. The molecule has 6 heteroatoms. The fourth-order valence-electron chi connectivity index (χ4n) is 1.60. The first-order valence-electron chi connectivity index (χ1n) is 6.42. The van der Waals surface area contributed by atoms with E-state index >= 15 is 0 Å². The van der Waals surface area contributed by atoms with Crippen molar-refractivity contribution < 1.29 is 18.7 Å². The minimum Gasteiger partial charge on any atom is -0.492 e. The molecule has 2 N–H and O–H groups in total. The van der Waals surface area contributed by atoms with Gasteiger partial charge >= 0.3 is 0 Å². The standard InChI is InChI=1S/C14H21FN2O3/c1-17(14(18)9-13(10-16)19-2)6-7-20-12-5-3-4-11(15)8-12/h3-5,8,13H,6-7,9-10,16H2,1-2H3. The van der Waals surface area contributed by atoms with E-state index in [1.165, 1.54) is 19.2 Å². The smallest absolute Gasteiger partial charge is 0.225 e. The van der Waals surface area contributed by atoms with Crippen molar-refractivity contribution in [3.8, 4) is 5.75 Å². The Morgan fingerprint density at radius 2 is 2.25 bits per heavy atom. The number of nitrogens with two attached hydrogens (primary N) is 1. The predicted octanol–water partition coefficient (Wildman–Crippen LogP) is 1.03. The summed E-state index contributed by atoms with van der Waals surface area (Å²) in [5.74, 6) is 0.0329. The van der Waals surface area contributed by atoms with Gasteiger partial charge in [0.1, 0.15) is 18.2 Å². The van der Waals surface area contributed by atoms with Crippen LogP contribution >= 0.6 is 0 Å². The van der Waals surface area contributed by atoms with Crippen LogP contribution in [0.3, 0.4) is 0 Å².